The second-order valence-corrected chi connectivity index (χ2v) is 5.41. The van der Waals surface area contributed by atoms with Crippen molar-refractivity contribution < 1.29 is 0 Å². The van der Waals surface area contributed by atoms with Crippen molar-refractivity contribution in [1.82, 2.24) is 9.88 Å². The number of hydrogen-bond acceptors (Lipinski definition) is 4. The fraction of sp³-hybridized carbons (Fsp3) is 0.643. The molecular formula is C14H24N4. The minimum Gasteiger partial charge on any atom is -0.355 e. The van der Waals surface area contributed by atoms with Gasteiger partial charge in [-0.05, 0) is 45.0 Å². The third-order valence-electron chi connectivity index (χ3n) is 3.81. The van der Waals surface area contributed by atoms with Gasteiger partial charge in [0, 0.05) is 31.9 Å². The van der Waals surface area contributed by atoms with Crippen molar-refractivity contribution >= 4 is 5.82 Å². The Bertz CT molecular complexity index is 374. The van der Waals surface area contributed by atoms with Gasteiger partial charge < -0.3 is 15.5 Å². The van der Waals surface area contributed by atoms with Crippen LogP contribution in [0, 0.1) is 0 Å². The second kappa shape index (κ2) is 5.67. The Morgan fingerprint density at radius 3 is 2.83 bits per heavy atom. The molecule has 2 heterocycles. The molecular weight excluding hydrogens is 224 g/mol. The molecule has 0 bridgehead atoms. The van der Waals surface area contributed by atoms with E-state index in [1.807, 2.05) is 13.1 Å². The van der Waals surface area contributed by atoms with E-state index in [9.17, 15) is 0 Å². The highest BCUT2D eigenvalue weighted by Crippen LogP contribution is 2.20. The lowest BCUT2D eigenvalue weighted by Gasteiger charge is -2.36. The van der Waals surface area contributed by atoms with Crippen molar-refractivity contribution in [3.63, 3.8) is 0 Å². The highest BCUT2D eigenvalue weighted by molar-refractivity contribution is 5.40. The normalized spacial score (nSPS) is 22.8. The Labute approximate surface area is 110 Å². The van der Waals surface area contributed by atoms with Crippen LogP contribution in [-0.4, -0.2) is 43.1 Å². The zero-order chi connectivity index (χ0) is 13.1. The molecule has 1 fully saturated rings. The summed E-state index contributed by atoms with van der Waals surface area (Å²) in [7, 11) is 4.32. The van der Waals surface area contributed by atoms with E-state index in [0.717, 1.165) is 17.9 Å². The number of nitrogens with zero attached hydrogens (tertiary/aromatic N) is 3. The zero-order valence-corrected chi connectivity index (χ0v) is 11.6. The molecule has 4 nitrogen and oxygen atoms in total. The molecule has 0 amide bonds. The van der Waals surface area contributed by atoms with Crippen molar-refractivity contribution in [3.8, 4) is 0 Å². The van der Waals surface area contributed by atoms with E-state index in [1.54, 1.807) is 0 Å². The van der Waals surface area contributed by atoms with Crippen LogP contribution in [0.15, 0.2) is 18.3 Å². The van der Waals surface area contributed by atoms with Crippen LogP contribution >= 0.6 is 0 Å². The number of hydrogen-bond donors (Lipinski definition) is 1. The molecule has 2 N–H and O–H groups in total. The summed E-state index contributed by atoms with van der Waals surface area (Å²) in [4.78, 5) is 9.21. The van der Waals surface area contributed by atoms with Crippen molar-refractivity contribution in [2.24, 2.45) is 5.73 Å². The van der Waals surface area contributed by atoms with Gasteiger partial charge in [-0.15, -0.1) is 0 Å². The summed E-state index contributed by atoms with van der Waals surface area (Å²) >= 11 is 0. The first kappa shape index (κ1) is 13.3. The summed E-state index contributed by atoms with van der Waals surface area (Å²) in [5.74, 6) is 1.04. The molecule has 0 spiro atoms. The van der Waals surface area contributed by atoms with Gasteiger partial charge >= 0.3 is 0 Å². The molecule has 1 saturated heterocycles. The van der Waals surface area contributed by atoms with Crippen LogP contribution in [0.5, 0.6) is 0 Å². The van der Waals surface area contributed by atoms with Gasteiger partial charge in [-0.2, -0.15) is 0 Å². The average molecular weight is 248 g/mol. The Balaban J connectivity index is 2.05. The summed E-state index contributed by atoms with van der Waals surface area (Å²) in [6.07, 6.45) is 4.41. The summed E-state index contributed by atoms with van der Waals surface area (Å²) in [5.41, 5.74) is 6.93. The predicted octanol–water partition coefficient (Wildman–Crippen LogP) is 1.63. The molecule has 100 valence electrons. The topological polar surface area (TPSA) is 45.4 Å². The lowest BCUT2D eigenvalue weighted by molar-refractivity contribution is 0.247. The highest BCUT2D eigenvalue weighted by Gasteiger charge is 2.21. The molecule has 1 aromatic heterocycles. The maximum absolute atomic E-state index is 5.84. The van der Waals surface area contributed by atoms with Crippen LogP contribution in [0.25, 0.3) is 0 Å². The molecule has 2 atom stereocenters. The standard InChI is InChI=1S/C14H24N4/c1-11(15)12-6-7-14(16-9-12)18(3)13-5-4-8-17(2)10-13/h6-7,9,11,13H,4-5,8,10,15H2,1-3H3/t11-,13?/m1/s1. The highest BCUT2D eigenvalue weighted by atomic mass is 15.2. The summed E-state index contributed by atoms with van der Waals surface area (Å²) in [6.45, 7) is 4.31. The molecule has 0 aliphatic carbocycles. The molecule has 1 aliphatic rings. The average Bonchev–Trinajstić information content (AvgIpc) is 2.38. The first-order chi connectivity index (χ1) is 8.58. The Kier molecular flexibility index (Phi) is 4.19. The van der Waals surface area contributed by atoms with E-state index in [-0.39, 0.29) is 6.04 Å². The maximum atomic E-state index is 5.84. The molecule has 18 heavy (non-hydrogen) atoms. The largest absolute Gasteiger partial charge is 0.355 e. The third-order valence-corrected chi connectivity index (χ3v) is 3.81. The van der Waals surface area contributed by atoms with E-state index < -0.39 is 0 Å². The third kappa shape index (κ3) is 3.00. The molecule has 0 aromatic carbocycles. The van der Waals surface area contributed by atoms with Gasteiger partial charge in [-0.1, -0.05) is 6.07 Å². The minimum atomic E-state index is 0.0534. The number of piperidine rings is 1. The van der Waals surface area contributed by atoms with Crippen molar-refractivity contribution in [2.45, 2.75) is 31.8 Å². The quantitative estimate of drug-likeness (QED) is 0.883. The van der Waals surface area contributed by atoms with Crippen LogP contribution in [0.1, 0.15) is 31.4 Å². The van der Waals surface area contributed by atoms with E-state index in [4.69, 9.17) is 5.73 Å². The van der Waals surface area contributed by atoms with Crippen LogP contribution < -0.4 is 10.6 Å². The minimum absolute atomic E-state index is 0.0534. The van der Waals surface area contributed by atoms with Crippen LogP contribution in [-0.2, 0) is 0 Å². The maximum Gasteiger partial charge on any atom is 0.128 e. The molecule has 4 heteroatoms. The molecule has 1 aromatic rings. The molecule has 0 saturated carbocycles. The fourth-order valence-corrected chi connectivity index (χ4v) is 2.52. The van der Waals surface area contributed by atoms with Crippen LogP contribution in [0.3, 0.4) is 0 Å². The smallest absolute Gasteiger partial charge is 0.128 e. The number of rotatable bonds is 3. The summed E-state index contributed by atoms with van der Waals surface area (Å²) in [5, 5.41) is 0. The van der Waals surface area contributed by atoms with Gasteiger partial charge in [0.05, 0.1) is 0 Å². The van der Waals surface area contributed by atoms with Gasteiger partial charge in [0.1, 0.15) is 5.82 Å². The monoisotopic (exact) mass is 248 g/mol. The van der Waals surface area contributed by atoms with Gasteiger partial charge in [0.2, 0.25) is 0 Å². The van der Waals surface area contributed by atoms with E-state index in [2.05, 4.69) is 41.0 Å². The lowest BCUT2D eigenvalue weighted by atomic mass is 10.0. The van der Waals surface area contributed by atoms with E-state index in [1.165, 1.54) is 19.4 Å². The lowest BCUT2D eigenvalue weighted by Crippen LogP contribution is -2.45. The first-order valence-electron chi connectivity index (χ1n) is 6.71. The van der Waals surface area contributed by atoms with Crippen molar-refractivity contribution in [1.29, 1.82) is 0 Å². The number of likely N-dealkylation sites (tertiary alicyclic amines) is 1. The molecule has 1 unspecified atom stereocenters. The molecule has 1 aliphatic heterocycles. The Hall–Kier alpha value is -1.13. The van der Waals surface area contributed by atoms with E-state index >= 15 is 0 Å². The molecule has 2 rings (SSSR count). The molecule has 0 radical (unpaired) electrons. The Morgan fingerprint density at radius 1 is 1.50 bits per heavy atom. The predicted molar refractivity (Wildman–Crippen MR) is 75.8 cm³/mol. The number of pyridine rings is 1. The fourth-order valence-electron chi connectivity index (χ4n) is 2.52. The van der Waals surface area contributed by atoms with E-state index in [0.29, 0.717) is 6.04 Å². The summed E-state index contributed by atoms with van der Waals surface area (Å²) < 4.78 is 0. The Morgan fingerprint density at radius 2 is 2.28 bits per heavy atom. The van der Waals surface area contributed by atoms with Gasteiger partial charge in [0.15, 0.2) is 0 Å². The second-order valence-electron chi connectivity index (χ2n) is 5.41. The zero-order valence-electron chi connectivity index (χ0n) is 11.6. The number of aromatic nitrogens is 1. The van der Waals surface area contributed by atoms with Gasteiger partial charge in [0.25, 0.3) is 0 Å². The SMILES string of the molecule is C[C@@H](N)c1ccc(N(C)C2CCCN(C)C2)nc1. The van der Waals surface area contributed by atoms with Crippen LogP contribution in [0.4, 0.5) is 5.82 Å². The van der Waals surface area contributed by atoms with Crippen LogP contribution in [0.2, 0.25) is 0 Å². The number of anilines is 1. The van der Waals surface area contributed by atoms with Crippen molar-refractivity contribution in [3.05, 3.63) is 23.9 Å². The first-order valence-corrected chi connectivity index (χ1v) is 6.71. The van der Waals surface area contributed by atoms with Gasteiger partial charge in [-0.3, -0.25) is 0 Å². The van der Waals surface area contributed by atoms with Gasteiger partial charge in [-0.25, -0.2) is 4.98 Å². The van der Waals surface area contributed by atoms with Crippen molar-refractivity contribution in [2.75, 3.05) is 32.1 Å². The number of likely N-dealkylation sites (N-methyl/N-ethyl adjacent to an activating group) is 2. The summed E-state index contributed by atoms with van der Waals surface area (Å²) in [6, 6.07) is 4.78. The number of nitrogens with two attached hydrogens (primary N) is 1.